The number of allylic oxidation sites excluding steroid dienone is 4. The van der Waals surface area contributed by atoms with Gasteiger partial charge < -0.3 is 24.4 Å². The molecule has 1 fully saturated rings. The molecule has 1 atom stereocenters. The number of rotatable bonds is 25. The summed E-state index contributed by atoms with van der Waals surface area (Å²) in [5, 5.41) is 9.94. The molecule has 11 heteroatoms. The average molecular weight is 803 g/mol. The number of thioether (sulfide) groups is 1. The zero-order valence-electron chi connectivity index (χ0n) is 38.7. The number of unbranched alkanes of at least 4 members (excludes halogenated alkanes) is 4. The van der Waals surface area contributed by atoms with E-state index < -0.39 is 5.30 Å². The van der Waals surface area contributed by atoms with E-state index in [0.717, 1.165) is 101 Å². The normalized spacial score (nSPS) is 11.7. The number of hydrogen-bond acceptors (Lipinski definition) is 9. The molecule has 10 nitrogen and oxygen atoms in total. The van der Waals surface area contributed by atoms with Crippen LogP contribution in [0, 0.1) is 4.91 Å². The molecule has 0 aromatic heterocycles. The molecule has 0 bridgehead atoms. The number of methoxy groups -OCH3 is 1. The smallest absolute Gasteiger partial charge is 0.364 e. The van der Waals surface area contributed by atoms with Gasteiger partial charge in [0.05, 0.1) is 20.3 Å². The van der Waals surface area contributed by atoms with Gasteiger partial charge in [-0.3, -0.25) is 9.69 Å². The Balaban J connectivity index is -0.000000343. The number of amides is 1. The van der Waals surface area contributed by atoms with Crippen LogP contribution in [0.4, 0.5) is 4.79 Å². The molecule has 1 amide bonds. The molecule has 0 unspecified atom stereocenters. The number of ether oxygens (including phenoxy) is 2. The van der Waals surface area contributed by atoms with Gasteiger partial charge in [0.25, 0.3) is 0 Å². The SMILES string of the molecule is C=CC.CC.CC.CCCCO/C(C)=C(/CCCCC[C@H](C)N(CC)CC(=C1CC1)N(CCCC)CCCN=O)OC.CCN(CC)C(C)=O.CSC(=O)O. The van der Waals surface area contributed by atoms with Gasteiger partial charge in [0, 0.05) is 57.8 Å². The summed E-state index contributed by atoms with van der Waals surface area (Å²) < 4.78 is 11.4. The average Bonchev–Trinajstić information content (AvgIpc) is 4.03. The second-order valence-corrected chi connectivity index (χ2v) is 13.3. The Kier molecular flexibility index (Phi) is 53.4. The van der Waals surface area contributed by atoms with Gasteiger partial charge in [-0.2, -0.15) is 4.91 Å². The van der Waals surface area contributed by atoms with Crippen LogP contribution in [-0.2, 0) is 14.3 Å². The second kappa shape index (κ2) is 47.6. The van der Waals surface area contributed by atoms with E-state index >= 15 is 0 Å². The zero-order chi connectivity index (χ0) is 43.5. The van der Waals surface area contributed by atoms with Gasteiger partial charge in [-0.15, -0.1) is 6.58 Å². The number of likely N-dealkylation sites (N-methyl/N-ethyl adjacent to an activating group) is 1. The monoisotopic (exact) mass is 803 g/mol. The first-order chi connectivity index (χ1) is 26.4. The Bertz CT molecular complexity index is 951. The minimum Gasteiger partial charge on any atom is -0.498 e. The lowest BCUT2D eigenvalue weighted by atomic mass is 10.1. The van der Waals surface area contributed by atoms with E-state index in [0.29, 0.717) is 12.6 Å². The van der Waals surface area contributed by atoms with Gasteiger partial charge in [0.2, 0.25) is 5.91 Å². The van der Waals surface area contributed by atoms with Crippen molar-refractivity contribution in [3.63, 3.8) is 0 Å². The molecule has 55 heavy (non-hydrogen) atoms. The molecule has 1 aliphatic rings. The fraction of sp³-hybridized carbons (Fsp3) is 0.818. The summed E-state index contributed by atoms with van der Waals surface area (Å²) in [5.74, 6) is 2.11. The number of nitroso groups, excluding NO2 is 1. The van der Waals surface area contributed by atoms with Crippen LogP contribution in [0.25, 0.3) is 0 Å². The molecular formula is C44H90N4O6S. The molecular weight excluding hydrogens is 713 g/mol. The van der Waals surface area contributed by atoms with Crippen molar-refractivity contribution in [3.8, 4) is 0 Å². The third-order valence-corrected chi connectivity index (χ3v) is 8.85. The maximum absolute atomic E-state index is 10.6. The number of nitrogens with zero attached hydrogens (tertiary/aromatic N) is 4. The molecule has 1 aliphatic carbocycles. The summed E-state index contributed by atoms with van der Waals surface area (Å²) in [6, 6.07) is 0.565. The van der Waals surface area contributed by atoms with E-state index in [-0.39, 0.29) is 5.91 Å². The lowest BCUT2D eigenvalue weighted by Crippen LogP contribution is -2.39. The first kappa shape index (κ1) is 61.7. The zero-order valence-corrected chi connectivity index (χ0v) is 39.5. The number of carbonyl (C=O) groups excluding carboxylic acids is 1. The largest absolute Gasteiger partial charge is 0.498 e. The van der Waals surface area contributed by atoms with Crippen molar-refractivity contribution < 1.29 is 24.2 Å². The van der Waals surface area contributed by atoms with E-state index in [4.69, 9.17) is 14.6 Å². The standard InChI is InChI=1S/C29H55N3O3.C6H13NO.C3H6.C2H4O2S.2C2H6/c1-7-10-21-32(22-15-20-30-33)28(27-18-19-27)24-31(9-3)25(4)16-13-12-14-17-29(34-6)26(5)35-23-11-8-2;1-4-7(5-2)6(3)8;1-3-2;1-5-2(3)4;2*1-2/h25H,7-24H2,1-6H3;4-5H2,1-3H3;3H,1H2,2H3;1H3,(H,3,4);2*1-2H3/b29-26-;;;;;/t25-;;;;;/m0...../s1. The Labute approximate surface area is 345 Å². The second-order valence-electron chi connectivity index (χ2n) is 12.6. The summed E-state index contributed by atoms with van der Waals surface area (Å²) in [4.78, 5) is 37.5. The molecule has 0 aromatic rings. The van der Waals surface area contributed by atoms with E-state index in [1.807, 2.05) is 55.4 Å². The predicted octanol–water partition coefficient (Wildman–Crippen LogP) is 12.8. The van der Waals surface area contributed by atoms with Crippen LogP contribution < -0.4 is 0 Å². The quantitative estimate of drug-likeness (QED) is 0.0417. The summed E-state index contributed by atoms with van der Waals surface area (Å²) in [6.07, 6.45) is 17.0. The van der Waals surface area contributed by atoms with Crippen LogP contribution in [0.1, 0.15) is 167 Å². The van der Waals surface area contributed by atoms with Crippen LogP contribution in [0.3, 0.4) is 0 Å². The van der Waals surface area contributed by atoms with Gasteiger partial charge >= 0.3 is 5.30 Å². The minimum absolute atomic E-state index is 0.162. The molecule has 328 valence electrons. The number of carbonyl (C=O) groups is 2. The van der Waals surface area contributed by atoms with Gasteiger partial charge in [-0.05, 0) is 110 Å². The summed E-state index contributed by atoms with van der Waals surface area (Å²) in [6.45, 7) is 36.9. The highest BCUT2D eigenvalue weighted by molar-refractivity contribution is 8.12. The van der Waals surface area contributed by atoms with Crippen LogP contribution in [0.5, 0.6) is 0 Å². The lowest BCUT2D eigenvalue weighted by molar-refractivity contribution is -0.128. The Hall–Kier alpha value is -2.53. The molecule has 0 aliphatic heterocycles. The first-order valence-electron chi connectivity index (χ1n) is 21.4. The molecule has 0 saturated heterocycles. The topological polar surface area (TPSA) is 112 Å². The van der Waals surface area contributed by atoms with Crippen molar-refractivity contribution >= 4 is 23.0 Å². The van der Waals surface area contributed by atoms with E-state index in [2.05, 4.69) is 49.3 Å². The molecule has 0 radical (unpaired) electrons. The fourth-order valence-corrected chi connectivity index (χ4v) is 5.24. The Morgan fingerprint density at radius 3 is 1.80 bits per heavy atom. The van der Waals surface area contributed by atoms with Crippen molar-refractivity contribution in [2.75, 3.05) is 65.8 Å². The summed E-state index contributed by atoms with van der Waals surface area (Å²) in [5.41, 5.74) is 3.16. The van der Waals surface area contributed by atoms with Gasteiger partial charge in [0.15, 0.2) is 0 Å². The van der Waals surface area contributed by atoms with Crippen molar-refractivity contribution in [2.45, 2.75) is 173 Å². The third-order valence-electron chi connectivity index (χ3n) is 8.50. The first-order valence-corrected chi connectivity index (χ1v) is 22.6. The van der Waals surface area contributed by atoms with Gasteiger partial charge in [-0.25, -0.2) is 4.79 Å². The Morgan fingerprint density at radius 1 is 0.891 bits per heavy atom. The Morgan fingerprint density at radius 2 is 1.42 bits per heavy atom. The highest BCUT2D eigenvalue weighted by Crippen LogP contribution is 2.34. The number of carboxylic acid groups (broad SMARTS) is 1. The van der Waals surface area contributed by atoms with Crippen molar-refractivity contribution in [1.82, 2.24) is 14.7 Å². The molecule has 1 N–H and O–H groups in total. The van der Waals surface area contributed by atoms with Crippen LogP contribution >= 0.6 is 11.8 Å². The highest BCUT2D eigenvalue weighted by Gasteiger charge is 2.25. The lowest BCUT2D eigenvalue weighted by Gasteiger charge is -2.34. The predicted molar refractivity (Wildman–Crippen MR) is 242 cm³/mol. The molecule has 1 rings (SSSR count). The van der Waals surface area contributed by atoms with Gasteiger partial charge in [-0.1, -0.05) is 85.4 Å². The summed E-state index contributed by atoms with van der Waals surface area (Å²) >= 11 is 0.796. The summed E-state index contributed by atoms with van der Waals surface area (Å²) in [7, 11) is 1.76. The van der Waals surface area contributed by atoms with Crippen molar-refractivity contribution in [2.24, 2.45) is 5.18 Å². The molecule has 0 aromatic carbocycles. The van der Waals surface area contributed by atoms with Crippen LogP contribution in [0.15, 0.2) is 40.6 Å². The van der Waals surface area contributed by atoms with Crippen molar-refractivity contribution in [3.05, 3.63) is 40.4 Å². The van der Waals surface area contributed by atoms with E-state index in [1.165, 1.54) is 56.9 Å². The molecule has 0 spiro atoms. The fourth-order valence-electron chi connectivity index (χ4n) is 5.24. The van der Waals surface area contributed by atoms with Crippen LogP contribution in [0.2, 0.25) is 0 Å². The highest BCUT2D eigenvalue weighted by atomic mass is 32.2. The third kappa shape index (κ3) is 39.5. The van der Waals surface area contributed by atoms with E-state index in [1.54, 1.807) is 30.6 Å². The minimum atomic E-state index is -0.829. The molecule has 1 saturated carbocycles. The maximum atomic E-state index is 10.6. The number of hydrogen-bond donors (Lipinski definition) is 1. The van der Waals surface area contributed by atoms with Gasteiger partial charge in [0.1, 0.15) is 11.5 Å². The van der Waals surface area contributed by atoms with Crippen molar-refractivity contribution in [1.29, 1.82) is 0 Å². The van der Waals surface area contributed by atoms with Crippen LogP contribution in [-0.4, -0.2) is 103 Å². The molecule has 0 heterocycles. The maximum Gasteiger partial charge on any atom is 0.364 e. The van der Waals surface area contributed by atoms with E-state index in [9.17, 15) is 14.5 Å².